The van der Waals surface area contributed by atoms with Crippen LogP contribution in [0.1, 0.15) is 45.1 Å². The quantitative estimate of drug-likeness (QED) is 0.480. The van der Waals surface area contributed by atoms with Crippen LogP contribution in [0.4, 0.5) is 0 Å². The molecule has 1 rings (SSSR count). The van der Waals surface area contributed by atoms with E-state index in [0.29, 0.717) is 23.8 Å². The zero-order chi connectivity index (χ0) is 17.1. The Hall–Kier alpha value is -1.85. The van der Waals surface area contributed by atoms with Crippen molar-refractivity contribution >= 4 is 12.0 Å². The lowest BCUT2D eigenvalue weighted by Gasteiger charge is -2.19. The van der Waals surface area contributed by atoms with Crippen LogP contribution in [0.3, 0.4) is 0 Å². The van der Waals surface area contributed by atoms with Crippen molar-refractivity contribution in [3.63, 3.8) is 0 Å². The van der Waals surface area contributed by atoms with Crippen molar-refractivity contribution in [1.82, 2.24) is 0 Å². The molecule has 0 radical (unpaired) electrons. The molecule has 0 saturated heterocycles. The topological polar surface area (TPSA) is 76.0 Å². The molecule has 0 aliphatic carbocycles. The van der Waals surface area contributed by atoms with E-state index in [0.717, 1.165) is 31.8 Å². The van der Waals surface area contributed by atoms with Crippen molar-refractivity contribution in [2.75, 3.05) is 6.61 Å². The molecule has 1 aromatic carbocycles. The van der Waals surface area contributed by atoms with Crippen LogP contribution in [-0.2, 0) is 9.53 Å². The standard InChI is InChI=1S/C18H26O5/c1-3-5-8-14(4-2)13-22-18(21)23-16-10-7-6-9-15(16)11-12-17(19)20/h6-7,9-12,14,18,21H,3-5,8,13H2,1-2H3,(H,19,20)/b12-11+. The van der Waals surface area contributed by atoms with E-state index in [1.54, 1.807) is 24.3 Å². The molecule has 0 aromatic heterocycles. The lowest BCUT2D eigenvalue weighted by molar-refractivity contribution is -0.222. The highest BCUT2D eigenvalue weighted by Gasteiger charge is 2.12. The molecule has 2 N–H and O–H groups in total. The van der Waals surface area contributed by atoms with Crippen LogP contribution in [0.25, 0.3) is 6.08 Å². The van der Waals surface area contributed by atoms with Gasteiger partial charge in [-0.3, -0.25) is 0 Å². The number of carboxylic acids is 1. The van der Waals surface area contributed by atoms with Gasteiger partial charge in [0.05, 0.1) is 6.61 Å². The van der Waals surface area contributed by atoms with Gasteiger partial charge in [-0.15, -0.1) is 0 Å². The molecule has 0 fully saturated rings. The number of rotatable bonds is 11. The Morgan fingerprint density at radius 1 is 1.30 bits per heavy atom. The third-order valence-corrected chi connectivity index (χ3v) is 3.57. The first kappa shape index (κ1) is 19.2. The monoisotopic (exact) mass is 322 g/mol. The Labute approximate surface area is 137 Å². The molecular weight excluding hydrogens is 296 g/mol. The maximum atomic E-state index is 10.6. The number of ether oxygens (including phenoxy) is 2. The van der Waals surface area contributed by atoms with Gasteiger partial charge in [0.1, 0.15) is 5.75 Å². The largest absolute Gasteiger partial charge is 0.478 e. The van der Waals surface area contributed by atoms with Crippen LogP contribution in [0.5, 0.6) is 5.75 Å². The van der Waals surface area contributed by atoms with Crippen molar-refractivity contribution in [1.29, 1.82) is 0 Å². The lowest BCUT2D eigenvalue weighted by Crippen LogP contribution is -2.23. The Morgan fingerprint density at radius 2 is 2.04 bits per heavy atom. The summed E-state index contributed by atoms with van der Waals surface area (Å²) >= 11 is 0. The molecule has 0 spiro atoms. The third kappa shape index (κ3) is 7.81. The number of carbonyl (C=O) groups is 1. The Kier molecular flexibility index (Phi) is 9.02. The highest BCUT2D eigenvalue weighted by Crippen LogP contribution is 2.21. The Balaban J connectivity index is 2.56. The van der Waals surface area contributed by atoms with E-state index in [-0.39, 0.29) is 0 Å². The molecule has 0 bridgehead atoms. The van der Waals surface area contributed by atoms with Crippen molar-refractivity contribution in [2.45, 2.75) is 46.0 Å². The first-order chi connectivity index (χ1) is 11.1. The predicted octanol–water partition coefficient (Wildman–Crippen LogP) is 3.67. The smallest absolute Gasteiger partial charge is 0.328 e. The summed E-state index contributed by atoms with van der Waals surface area (Å²) in [5, 5.41) is 18.6. The molecule has 5 nitrogen and oxygen atoms in total. The summed E-state index contributed by atoms with van der Waals surface area (Å²) in [6, 6.07) is 6.87. The summed E-state index contributed by atoms with van der Waals surface area (Å²) in [6.45, 7) is 3.31. The zero-order valence-electron chi connectivity index (χ0n) is 13.8. The molecule has 5 heteroatoms. The lowest BCUT2D eigenvalue weighted by atomic mass is 10.0. The fourth-order valence-electron chi connectivity index (χ4n) is 2.15. The summed E-state index contributed by atoms with van der Waals surface area (Å²) in [6.07, 6.45) is 6.77. The van der Waals surface area contributed by atoms with Crippen LogP contribution >= 0.6 is 0 Å². The second-order valence-corrected chi connectivity index (χ2v) is 5.38. The first-order valence-corrected chi connectivity index (χ1v) is 8.03. The van der Waals surface area contributed by atoms with Gasteiger partial charge in [0.25, 0.3) is 0 Å². The number of hydrogen-bond donors (Lipinski definition) is 2. The van der Waals surface area contributed by atoms with Crippen LogP contribution < -0.4 is 4.74 Å². The minimum absolute atomic E-state index is 0.374. The Bertz CT molecular complexity index is 498. The fraction of sp³-hybridized carbons (Fsp3) is 0.500. The van der Waals surface area contributed by atoms with Crippen molar-refractivity contribution < 1.29 is 24.5 Å². The first-order valence-electron chi connectivity index (χ1n) is 8.03. The van der Waals surface area contributed by atoms with Gasteiger partial charge in [-0.2, -0.15) is 0 Å². The number of hydrogen-bond acceptors (Lipinski definition) is 4. The molecule has 2 atom stereocenters. The third-order valence-electron chi connectivity index (χ3n) is 3.57. The van der Waals surface area contributed by atoms with E-state index >= 15 is 0 Å². The summed E-state index contributed by atoms with van der Waals surface area (Å²) in [5.41, 5.74) is 0.565. The molecule has 2 unspecified atom stereocenters. The van der Waals surface area contributed by atoms with Gasteiger partial charge in [-0.1, -0.05) is 51.3 Å². The van der Waals surface area contributed by atoms with E-state index in [2.05, 4.69) is 13.8 Å². The van der Waals surface area contributed by atoms with Crippen molar-refractivity contribution in [3.8, 4) is 5.75 Å². The van der Waals surface area contributed by atoms with Gasteiger partial charge >= 0.3 is 12.4 Å². The summed E-state index contributed by atoms with van der Waals surface area (Å²) in [4.78, 5) is 10.6. The SMILES string of the molecule is CCCCC(CC)COC(O)Oc1ccccc1/C=C/C(=O)O. The van der Waals surface area contributed by atoms with E-state index in [1.165, 1.54) is 6.08 Å². The van der Waals surface area contributed by atoms with E-state index in [4.69, 9.17) is 14.6 Å². The normalized spacial score (nSPS) is 13.9. The zero-order valence-corrected chi connectivity index (χ0v) is 13.8. The number of aliphatic hydroxyl groups excluding tert-OH is 1. The van der Waals surface area contributed by atoms with Crippen molar-refractivity contribution in [3.05, 3.63) is 35.9 Å². The minimum Gasteiger partial charge on any atom is -0.478 e. The maximum Gasteiger partial charge on any atom is 0.328 e. The fourth-order valence-corrected chi connectivity index (χ4v) is 2.15. The molecule has 0 aliphatic heterocycles. The molecule has 1 aromatic rings. The number of aliphatic carboxylic acids is 1. The van der Waals surface area contributed by atoms with Crippen molar-refractivity contribution in [2.24, 2.45) is 5.92 Å². The molecule has 0 heterocycles. The predicted molar refractivity (Wildman–Crippen MR) is 89.0 cm³/mol. The van der Waals surface area contributed by atoms with E-state index in [9.17, 15) is 9.90 Å². The average Bonchev–Trinajstić information content (AvgIpc) is 2.54. The molecule has 0 saturated carbocycles. The van der Waals surface area contributed by atoms with Gasteiger partial charge < -0.3 is 19.7 Å². The summed E-state index contributed by atoms with van der Waals surface area (Å²) < 4.78 is 10.7. The molecular formula is C18H26O5. The number of unbranched alkanes of at least 4 members (excludes halogenated alkanes) is 1. The molecule has 128 valence electrons. The highest BCUT2D eigenvalue weighted by molar-refractivity contribution is 5.85. The number of carboxylic acid groups (broad SMARTS) is 1. The van der Waals surface area contributed by atoms with Crippen LogP contribution in [-0.4, -0.2) is 29.3 Å². The second kappa shape index (κ2) is 10.8. The summed E-state index contributed by atoms with van der Waals surface area (Å²) in [5.74, 6) is -0.271. The van der Waals surface area contributed by atoms with Crippen LogP contribution in [0.2, 0.25) is 0 Å². The second-order valence-electron chi connectivity index (χ2n) is 5.38. The highest BCUT2D eigenvalue weighted by atomic mass is 16.8. The van der Waals surface area contributed by atoms with E-state index < -0.39 is 12.4 Å². The van der Waals surface area contributed by atoms with Gasteiger partial charge in [0, 0.05) is 11.6 Å². The number of aliphatic hydroxyl groups is 1. The molecule has 0 amide bonds. The number of benzene rings is 1. The average molecular weight is 322 g/mol. The van der Waals surface area contributed by atoms with E-state index in [1.807, 2.05) is 0 Å². The maximum absolute atomic E-state index is 10.6. The van der Waals surface area contributed by atoms with Crippen LogP contribution in [0, 0.1) is 5.92 Å². The van der Waals surface area contributed by atoms with Gasteiger partial charge in [-0.05, 0) is 24.5 Å². The van der Waals surface area contributed by atoms with Gasteiger partial charge in [0.2, 0.25) is 0 Å². The van der Waals surface area contributed by atoms with Gasteiger partial charge in [-0.25, -0.2) is 4.79 Å². The number of para-hydroxylation sites is 1. The molecule has 0 aliphatic rings. The van der Waals surface area contributed by atoms with Gasteiger partial charge in [0.15, 0.2) is 0 Å². The van der Waals surface area contributed by atoms with Crippen LogP contribution in [0.15, 0.2) is 30.3 Å². The minimum atomic E-state index is -1.37. The Morgan fingerprint density at radius 3 is 2.70 bits per heavy atom. The molecule has 23 heavy (non-hydrogen) atoms. The summed E-state index contributed by atoms with van der Waals surface area (Å²) in [7, 11) is 0.